The summed E-state index contributed by atoms with van der Waals surface area (Å²) in [4.78, 5) is 0. The van der Waals surface area contributed by atoms with Crippen molar-refractivity contribution < 1.29 is 18.3 Å². The molecule has 0 heterocycles. The van der Waals surface area contributed by atoms with Crippen LogP contribution in [0.2, 0.25) is 5.02 Å². The summed E-state index contributed by atoms with van der Waals surface area (Å²) in [7, 11) is 0. The number of phenolic OH excluding ortho intramolecular Hbond substituents is 1. The Kier molecular flexibility index (Phi) is 2.19. The summed E-state index contributed by atoms with van der Waals surface area (Å²) in [5.74, 6) is -0.409. The first-order valence-corrected chi connectivity index (χ1v) is 3.26. The zero-order chi connectivity index (χ0) is 9.35. The van der Waals surface area contributed by atoms with Crippen molar-refractivity contribution in [1.29, 1.82) is 0 Å². The van der Waals surface area contributed by atoms with Crippen LogP contribution in [0, 0.1) is 6.07 Å². The summed E-state index contributed by atoms with van der Waals surface area (Å²) in [6.07, 6.45) is -4.50. The van der Waals surface area contributed by atoms with Gasteiger partial charge in [-0.2, -0.15) is 13.2 Å². The fourth-order valence-corrected chi connectivity index (χ4v) is 0.937. The van der Waals surface area contributed by atoms with Gasteiger partial charge >= 0.3 is 6.18 Å². The second-order valence-corrected chi connectivity index (χ2v) is 2.48. The Balaban J connectivity index is 3.19. The lowest BCUT2D eigenvalue weighted by atomic mass is 10.2. The average molecular weight is 196 g/mol. The summed E-state index contributed by atoms with van der Waals surface area (Å²) >= 11 is 5.21. The number of rotatable bonds is 0. The minimum Gasteiger partial charge on any atom is -0.507 e. The van der Waals surface area contributed by atoms with Gasteiger partial charge in [0, 0.05) is 6.07 Å². The van der Waals surface area contributed by atoms with Gasteiger partial charge in [0.15, 0.2) is 0 Å². The quantitative estimate of drug-likeness (QED) is 0.675. The zero-order valence-electron chi connectivity index (χ0n) is 5.61. The van der Waals surface area contributed by atoms with Gasteiger partial charge in [-0.15, -0.1) is 0 Å². The highest BCUT2D eigenvalue weighted by atomic mass is 35.5. The van der Waals surface area contributed by atoms with E-state index in [2.05, 4.69) is 0 Å². The molecule has 12 heavy (non-hydrogen) atoms. The molecule has 1 rings (SSSR count). The molecular weight excluding hydrogens is 193 g/mol. The van der Waals surface area contributed by atoms with E-state index in [0.717, 1.165) is 6.07 Å². The Morgan fingerprint density at radius 1 is 1.42 bits per heavy atom. The number of phenols is 1. The molecule has 0 bridgehead atoms. The van der Waals surface area contributed by atoms with Crippen molar-refractivity contribution in [1.82, 2.24) is 0 Å². The van der Waals surface area contributed by atoms with Crippen LogP contribution in [0.4, 0.5) is 13.2 Å². The smallest absolute Gasteiger partial charge is 0.417 e. The van der Waals surface area contributed by atoms with Crippen molar-refractivity contribution in [3.05, 3.63) is 28.8 Å². The van der Waals surface area contributed by atoms with Gasteiger partial charge in [-0.1, -0.05) is 11.6 Å². The van der Waals surface area contributed by atoms with Crippen LogP contribution >= 0.6 is 11.6 Å². The minimum absolute atomic E-state index is 0.409. The maximum Gasteiger partial charge on any atom is 0.417 e. The Labute approximate surface area is 71.4 Å². The largest absolute Gasteiger partial charge is 0.507 e. The van der Waals surface area contributed by atoms with Gasteiger partial charge in [0.2, 0.25) is 0 Å². The summed E-state index contributed by atoms with van der Waals surface area (Å²) in [5.41, 5.74) is -0.998. The van der Waals surface area contributed by atoms with Crippen molar-refractivity contribution in [2.75, 3.05) is 0 Å². The van der Waals surface area contributed by atoms with Crippen LogP contribution in [0.1, 0.15) is 5.56 Å². The van der Waals surface area contributed by atoms with Crippen LogP contribution in [-0.4, -0.2) is 5.11 Å². The van der Waals surface area contributed by atoms with Crippen LogP contribution in [0.15, 0.2) is 12.1 Å². The van der Waals surface area contributed by atoms with Gasteiger partial charge in [0.25, 0.3) is 0 Å². The molecule has 0 aliphatic carbocycles. The van der Waals surface area contributed by atoms with Gasteiger partial charge in [0.05, 0.1) is 10.6 Å². The summed E-state index contributed by atoms with van der Waals surface area (Å²) in [5, 5.41) is 8.17. The molecule has 1 aromatic rings. The van der Waals surface area contributed by atoms with E-state index < -0.39 is 22.5 Å². The van der Waals surface area contributed by atoms with E-state index in [1.807, 2.05) is 6.07 Å². The number of hydrogen-bond acceptors (Lipinski definition) is 1. The second kappa shape index (κ2) is 2.86. The normalized spacial score (nSPS) is 11.7. The van der Waals surface area contributed by atoms with E-state index in [9.17, 15) is 13.2 Å². The topological polar surface area (TPSA) is 20.2 Å². The van der Waals surface area contributed by atoms with Gasteiger partial charge in [0.1, 0.15) is 5.75 Å². The Hall–Kier alpha value is -0.900. The SMILES string of the molecule is Oc1[c]cc(C(F)(F)F)c(Cl)c1. The van der Waals surface area contributed by atoms with E-state index >= 15 is 0 Å². The molecule has 1 N–H and O–H groups in total. The highest BCUT2D eigenvalue weighted by Gasteiger charge is 2.33. The third-order valence-electron chi connectivity index (χ3n) is 1.19. The van der Waals surface area contributed by atoms with Crippen LogP contribution in [-0.2, 0) is 6.18 Å². The molecule has 0 saturated carbocycles. The van der Waals surface area contributed by atoms with E-state index in [1.165, 1.54) is 0 Å². The van der Waals surface area contributed by atoms with Crippen LogP contribution < -0.4 is 0 Å². The maximum atomic E-state index is 12.0. The molecule has 1 radical (unpaired) electrons. The minimum atomic E-state index is -4.50. The summed E-state index contributed by atoms with van der Waals surface area (Å²) in [6, 6.07) is 3.40. The van der Waals surface area contributed by atoms with Crippen LogP contribution in [0.5, 0.6) is 5.75 Å². The molecule has 0 amide bonds. The number of alkyl halides is 3. The number of aromatic hydroxyl groups is 1. The molecule has 0 unspecified atom stereocenters. The molecule has 0 atom stereocenters. The molecule has 0 fully saturated rings. The Morgan fingerprint density at radius 2 is 2.00 bits per heavy atom. The first-order valence-electron chi connectivity index (χ1n) is 2.88. The molecule has 0 aromatic heterocycles. The third kappa shape index (κ3) is 1.82. The summed E-state index contributed by atoms with van der Waals surface area (Å²) < 4.78 is 36.0. The molecule has 1 aromatic carbocycles. The van der Waals surface area contributed by atoms with Gasteiger partial charge in [-0.05, 0) is 12.1 Å². The molecule has 0 spiro atoms. The van der Waals surface area contributed by atoms with Crippen molar-refractivity contribution in [2.45, 2.75) is 6.18 Å². The van der Waals surface area contributed by atoms with Gasteiger partial charge in [-0.25, -0.2) is 0 Å². The monoisotopic (exact) mass is 195 g/mol. The molecule has 0 saturated heterocycles. The van der Waals surface area contributed by atoms with E-state index in [-0.39, 0.29) is 0 Å². The van der Waals surface area contributed by atoms with Gasteiger partial charge < -0.3 is 5.11 Å². The lowest BCUT2D eigenvalue weighted by Crippen LogP contribution is -2.05. The predicted molar refractivity (Wildman–Crippen MR) is 37.0 cm³/mol. The van der Waals surface area contributed by atoms with Crippen molar-refractivity contribution in [2.24, 2.45) is 0 Å². The van der Waals surface area contributed by atoms with E-state index in [1.54, 1.807) is 0 Å². The fourth-order valence-electron chi connectivity index (χ4n) is 0.672. The van der Waals surface area contributed by atoms with Gasteiger partial charge in [-0.3, -0.25) is 0 Å². The highest BCUT2D eigenvalue weighted by molar-refractivity contribution is 6.31. The predicted octanol–water partition coefficient (Wildman–Crippen LogP) is 2.86. The molecule has 0 aliphatic heterocycles. The zero-order valence-corrected chi connectivity index (χ0v) is 6.37. The number of benzene rings is 1. The molecule has 5 heteroatoms. The van der Waals surface area contributed by atoms with Crippen molar-refractivity contribution in [3.63, 3.8) is 0 Å². The lowest BCUT2D eigenvalue weighted by Gasteiger charge is -2.07. The maximum absolute atomic E-state index is 12.0. The Bertz CT molecular complexity index is 295. The average Bonchev–Trinajstić information content (AvgIpc) is 1.83. The first kappa shape index (κ1) is 9.19. The van der Waals surface area contributed by atoms with Crippen molar-refractivity contribution in [3.8, 4) is 5.75 Å². The fraction of sp³-hybridized carbons (Fsp3) is 0.143. The molecule has 0 aliphatic rings. The van der Waals surface area contributed by atoms with E-state index in [4.69, 9.17) is 16.7 Å². The number of hydrogen-bond donors (Lipinski definition) is 1. The highest BCUT2D eigenvalue weighted by Crippen LogP contribution is 2.35. The Morgan fingerprint density at radius 3 is 2.42 bits per heavy atom. The second-order valence-electron chi connectivity index (χ2n) is 2.08. The first-order chi connectivity index (χ1) is 5.41. The van der Waals surface area contributed by atoms with Crippen molar-refractivity contribution >= 4 is 11.6 Å². The third-order valence-corrected chi connectivity index (χ3v) is 1.50. The number of halogens is 4. The van der Waals surface area contributed by atoms with E-state index in [0.29, 0.717) is 6.07 Å². The molecular formula is C7H3ClF3O. The standard InChI is InChI=1S/C7H3ClF3O/c8-6-3-4(12)1-2-5(6)7(9,10)11/h2-3,12H. The summed E-state index contributed by atoms with van der Waals surface area (Å²) in [6.45, 7) is 0. The van der Waals surface area contributed by atoms with Crippen LogP contribution in [0.25, 0.3) is 0 Å². The van der Waals surface area contributed by atoms with Crippen LogP contribution in [0.3, 0.4) is 0 Å². The molecule has 1 nitrogen and oxygen atoms in total. The lowest BCUT2D eigenvalue weighted by molar-refractivity contribution is -0.137. The molecule has 65 valence electrons.